The summed E-state index contributed by atoms with van der Waals surface area (Å²) in [6.45, 7) is 0.0102. The van der Waals surface area contributed by atoms with Gasteiger partial charge in [-0.1, -0.05) is 36.4 Å². The van der Waals surface area contributed by atoms with Gasteiger partial charge in [-0.15, -0.1) is 0 Å². The first-order valence-electron chi connectivity index (χ1n) is 8.97. The lowest BCUT2D eigenvalue weighted by Gasteiger charge is -2.27. The third-order valence-electron chi connectivity index (χ3n) is 5.36. The summed E-state index contributed by atoms with van der Waals surface area (Å²) < 4.78 is 0. The number of aryl methyl sites for hydroxylation is 1. The summed E-state index contributed by atoms with van der Waals surface area (Å²) in [5.41, 5.74) is 1.40. The van der Waals surface area contributed by atoms with Crippen molar-refractivity contribution in [1.82, 2.24) is 10.2 Å². The third kappa shape index (κ3) is 2.85. The Hall–Kier alpha value is -3.22. The molecule has 0 aromatic heterocycles. The summed E-state index contributed by atoms with van der Waals surface area (Å²) in [5.74, 6) is -0.284. The van der Waals surface area contributed by atoms with Crippen LogP contribution in [0.3, 0.4) is 0 Å². The second-order valence-corrected chi connectivity index (χ2v) is 7.02. The molecular formula is C20H19N3O4. The molecule has 1 aliphatic heterocycles. The monoisotopic (exact) mass is 365 g/mol. The fraction of sp³-hybridized carbons (Fsp3) is 0.300. The van der Waals surface area contributed by atoms with Crippen LogP contribution in [-0.4, -0.2) is 21.8 Å². The molecule has 1 N–H and O–H groups in total. The number of carbonyl (C=O) groups is 2. The molecule has 2 aromatic carbocycles. The molecule has 0 radical (unpaired) electrons. The first-order valence-corrected chi connectivity index (χ1v) is 8.97. The molecule has 7 heteroatoms. The molecule has 1 unspecified atom stereocenters. The SMILES string of the molecule is O=C1NC2(CCCCc3ccccc32)C(=O)N1Cc1cccc([N+](=O)[O-])c1. The van der Waals surface area contributed by atoms with E-state index in [1.54, 1.807) is 12.1 Å². The van der Waals surface area contributed by atoms with E-state index in [0.29, 0.717) is 12.0 Å². The molecule has 4 rings (SSSR count). The molecule has 1 spiro atoms. The Morgan fingerprint density at radius 1 is 1.11 bits per heavy atom. The standard InChI is InChI=1S/C20H19N3O4/c24-18-20(11-4-3-8-15-7-1-2-10-17(15)20)21-19(25)22(18)13-14-6-5-9-16(12-14)23(26)27/h1-2,5-7,9-10,12H,3-4,8,11,13H2,(H,21,25). The molecule has 27 heavy (non-hydrogen) atoms. The Morgan fingerprint density at radius 3 is 2.74 bits per heavy atom. The van der Waals surface area contributed by atoms with Gasteiger partial charge in [0.25, 0.3) is 11.6 Å². The highest BCUT2D eigenvalue weighted by molar-refractivity contribution is 6.07. The van der Waals surface area contributed by atoms with Crippen molar-refractivity contribution in [2.24, 2.45) is 0 Å². The minimum absolute atomic E-state index is 0.0102. The number of nitrogens with one attached hydrogen (secondary N) is 1. The second-order valence-electron chi connectivity index (χ2n) is 7.02. The maximum atomic E-state index is 13.3. The van der Waals surface area contributed by atoms with Gasteiger partial charge in [0.15, 0.2) is 0 Å². The van der Waals surface area contributed by atoms with Gasteiger partial charge in [-0.3, -0.25) is 19.8 Å². The van der Waals surface area contributed by atoms with Gasteiger partial charge in [-0.2, -0.15) is 0 Å². The van der Waals surface area contributed by atoms with E-state index >= 15 is 0 Å². The van der Waals surface area contributed by atoms with E-state index in [2.05, 4.69) is 5.32 Å². The number of urea groups is 1. The fourth-order valence-electron chi connectivity index (χ4n) is 4.07. The number of benzene rings is 2. The van der Waals surface area contributed by atoms with Crippen LogP contribution in [0, 0.1) is 10.1 Å². The van der Waals surface area contributed by atoms with Gasteiger partial charge in [0, 0.05) is 12.1 Å². The van der Waals surface area contributed by atoms with Gasteiger partial charge < -0.3 is 5.32 Å². The van der Waals surface area contributed by atoms with Crippen molar-refractivity contribution < 1.29 is 14.5 Å². The highest BCUT2D eigenvalue weighted by atomic mass is 16.6. The summed E-state index contributed by atoms with van der Waals surface area (Å²) in [5, 5.41) is 13.9. The summed E-state index contributed by atoms with van der Waals surface area (Å²) in [6, 6.07) is 13.3. The van der Waals surface area contributed by atoms with E-state index in [4.69, 9.17) is 0 Å². The Labute approximate surface area is 156 Å². The lowest BCUT2D eigenvalue weighted by Crippen LogP contribution is -2.44. The molecule has 138 valence electrons. The quantitative estimate of drug-likeness (QED) is 0.513. The molecule has 2 aromatic rings. The number of hydrogen-bond donors (Lipinski definition) is 1. The lowest BCUT2D eigenvalue weighted by atomic mass is 9.84. The van der Waals surface area contributed by atoms with Crippen LogP contribution in [0.2, 0.25) is 0 Å². The van der Waals surface area contributed by atoms with E-state index in [1.165, 1.54) is 17.0 Å². The van der Waals surface area contributed by atoms with Crippen LogP contribution < -0.4 is 5.32 Å². The number of fused-ring (bicyclic) bond motifs is 2. The van der Waals surface area contributed by atoms with E-state index in [1.807, 2.05) is 24.3 Å². The van der Waals surface area contributed by atoms with E-state index < -0.39 is 16.5 Å². The van der Waals surface area contributed by atoms with Crippen molar-refractivity contribution >= 4 is 17.6 Å². The zero-order valence-corrected chi connectivity index (χ0v) is 14.7. The van der Waals surface area contributed by atoms with Crippen LogP contribution in [0.5, 0.6) is 0 Å². The van der Waals surface area contributed by atoms with Crippen molar-refractivity contribution in [2.45, 2.75) is 37.8 Å². The van der Waals surface area contributed by atoms with E-state index in [9.17, 15) is 19.7 Å². The smallest absolute Gasteiger partial charge is 0.319 e. The van der Waals surface area contributed by atoms with Crippen LogP contribution in [0.15, 0.2) is 48.5 Å². The Morgan fingerprint density at radius 2 is 1.93 bits per heavy atom. The Balaban J connectivity index is 1.69. The van der Waals surface area contributed by atoms with Crippen LogP contribution in [0.25, 0.3) is 0 Å². The molecule has 0 bridgehead atoms. The number of nitro benzene ring substituents is 1. The summed E-state index contributed by atoms with van der Waals surface area (Å²) in [6.07, 6.45) is 3.24. The molecule has 1 fully saturated rings. The van der Waals surface area contributed by atoms with Crippen molar-refractivity contribution in [3.8, 4) is 0 Å². The van der Waals surface area contributed by atoms with Gasteiger partial charge in [0.2, 0.25) is 0 Å². The first-order chi connectivity index (χ1) is 13.0. The molecule has 1 aliphatic carbocycles. The molecule has 3 amide bonds. The number of nitro groups is 1. The highest BCUT2D eigenvalue weighted by Crippen LogP contribution is 2.39. The maximum Gasteiger partial charge on any atom is 0.325 e. The molecule has 2 aliphatic rings. The summed E-state index contributed by atoms with van der Waals surface area (Å²) >= 11 is 0. The fourth-order valence-corrected chi connectivity index (χ4v) is 4.07. The number of carbonyl (C=O) groups excluding carboxylic acids is 2. The Kier molecular flexibility index (Phi) is 4.14. The third-order valence-corrected chi connectivity index (χ3v) is 5.36. The minimum atomic E-state index is -1.04. The van der Waals surface area contributed by atoms with Gasteiger partial charge in [-0.05, 0) is 42.4 Å². The van der Waals surface area contributed by atoms with Crippen molar-refractivity contribution in [3.05, 3.63) is 75.3 Å². The number of rotatable bonds is 3. The molecule has 1 saturated heterocycles. The predicted octanol–water partition coefficient (Wildman–Crippen LogP) is 3.27. The van der Waals surface area contributed by atoms with Gasteiger partial charge >= 0.3 is 6.03 Å². The number of imide groups is 1. The molecule has 0 saturated carbocycles. The number of non-ortho nitro benzene ring substituents is 1. The van der Waals surface area contributed by atoms with Crippen LogP contribution in [-0.2, 0) is 23.3 Å². The van der Waals surface area contributed by atoms with Crippen molar-refractivity contribution in [3.63, 3.8) is 0 Å². The average molecular weight is 365 g/mol. The highest BCUT2D eigenvalue weighted by Gasteiger charge is 2.53. The second kappa shape index (κ2) is 6.50. The topological polar surface area (TPSA) is 92.6 Å². The zero-order chi connectivity index (χ0) is 19.0. The molecule has 1 heterocycles. The molecule has 1 atom stereocenters. The average Bonchev–Trinajstić information content (AvgIpc) is 2.81. The lowest BCUT2D eigenvalue weighted by molar-refractivity contribution is -0.384. The number of amides is 3. The molecular weight excluding hydrogens is 346 g/mol. The van der Waals surface area contributed by atoms with E-state index in [-0.39, 0.29) is 18.1 Å². The normalized spacial score (nSPS) is 21.7. The maximum absolute atomic E-state index is 13.3. The predicted molar refractivity (Wildman–Crippen MR) is 97.9 cm³/mol. The first kappa shape index (κ1) is 17.2. The van der Waals surface area contributed by atoms with Crippen LogP contribution in [0.1, 0.15) is 36.0 Å². The summed E-state index contributed by atoms with van der Waals surface area (Å²) in [4.78, 5) is 37.7. The van der Waals surface area contributed by atoms with Gasteiger partial charge in [0.1, 0.15) is 5.54 Å². The number of nitrogens with zero attached hydrogens (tertiary/aromatic N) is 2. The van der Waals surface area contributed by atoms with Gasteiger partial charge in [0.05, 0.1) is 11.5 Å². The number of hydrogen-bond acceptors (Lipinski definition) is 4. The Bertz CT molecular complexity index is 942. The molecule has 7 nitrogen and oxygen atoms in total. The van der Waals surface area contributed by atoms with Crippen LogP contribution in [0.4, 0.5) is 10.5 Å². The minimum Gasteiger partial charge on any atom is -0.319 e. The van der Waals surface area contributed by atoms with Crippen molar-refractivity contribution in [2.75, 3.05) is 0 Å². The summed E-state index contributed by atoms with van der Waals surface area (Å²) in [7, 11) is 0. The largest absolute Gasteiger partial charge is 0.325 e. The van der Waals surface area contributed by atoms with E-state index in [0.717, 1.165) is 30.4 Å². The van der Waals surface area contributed by atoms with Gasteiger partial charge in [-0.25, -0.2) is 4.79 Å². The van der Waals surface area contributed by atoms with Crippen molar-refractivity contribution in [1.29, 1.82) is 0 Å². The van der Waals surface area contributed by atoms with Crippen LogP contribution >= 0.6 is 0 Å². The zero-order valence-electron chi connectivity index (χ0n) is 14.7.